The van der Waals surface area contributed by atoms with E-state index < -0.39 is 0 Å². The van der Waals surface area contributed by atoms with E-state index in [0.29, 0.717) is 13.2 Å². The number of ether oxygens (including phenoxy) is 1. The Hall–Kier alpha value is -1.81. The molecule has 0 saturated carbocycles. The maximum Gasteiger partial charge on any atom is 0.119 e. The first-order valence-electron chi connectivity index (χ1n) is 5.73. The SMILES string of the molecule is CCOc1ccc(-c2n[nH]c(CN)c2C)cc1. The topological polar surface area (TPSA) is 63.9 Å². The van der Waals surface area contributed by atoms with E-state index in [2.05, 4.69) is 10.2 Å². The number of nitrogens with two attached hydrogens (primary N) is 1. The van der Waals surface area contributed by atoms with Gasteiger partial charge in [-0.2, -0.15) is 5.10 Å². The molecule has 17 heavy (non-hydrogen) atoms. The molecule has 0 atom stereocenters. The van der Waals surface area contributed by atoms with Crippen molar-refractivity contribution < 1.29 is 4.74 Å². The van der Waals surface area contributed by atoms with Gasteiger partial charge in [0.15, 0.2) is 0 Å². The molecule has 4 nitrogen and oxygen atoms in total. The van der Waals surface area contributed by atoms with Crippen molar-refractivity contribution in [2.45, 2.75) is 20.4 Å². The quantitative estimate of drug-likeness (QED) is 0.848. The highest BCUT2D eigenvalue weighted by molar-refractivity contribution is 5.64. The van der Waals surface area contributed by atoms with Crippen molar-refractivity contribution in [1.82, 2.24) is 10.2 Å². The minimum Gasteiger partial charge on any atom is -0.494 e. The molecular formula is C13H17N3O. The number of aromatic amines is 1. The van der Waals surface area contributed by atoms with Gasteiger partial charge in [-0.25, -0.2) is 0 Å². The molecule has 0 spiro atoms. The third kappa shape index (κ3) is 2.31. The van der Waals surface area contributed by atoms with E-state index in [9.17, 15) is 0 Å². The van der Waals surface area contributed by atoms with E-state index in [1.165, 1.54) is 0 Å². The van der Waals surface area contributed by atoms with Crippen LogP contribution < -0.4 is 10.5 Å². The van der Waals surface area contributed by atoms with Crippen LogP contribution in [-0.4, -0.2) is 16.8 Å². The number of H-pyrrole nitrogens is 1. The lowest BCUT2D eigenvalue weighted by Gasteiger charge is -2.04. The van der Waals surface area contributed by atoms with Crippen molar-refractivity contribution in [2.24, 2.45) is 5.73 Å². The Bertz CT molecular complexity index is 488. The van der Waals surface area contributed by atoms with Crippen molar-refractivity contribution in [3.05, 3.63) is 35.5 Å². The van der Waals surface area contributed by atoms with E-state index in [4.69, 9.17) is 10.5 Å². The molecule has 0 saturated heterocycles. The summed E-state index contributed by atoms with van der Waals surface area (Å²) in [6.45, 7) is 5.16. The smallest absolute Gasteiger partial charge is 0.119 e. The summed E-state index contributed by atoms with van der Waals surface area (Å²) in [7, 11) is 0. The fraction of sp³-hybridized carbons (Fsp3) is 0.308. The van der Waals surface area contributed by atoms with E-state index in [1.54, 1.807) is 0 Å². The molecule has 0 radical (unpaired) electrons. The van der Waals surface area contributed by atoms with Gasteiger partial charge in [0, 0.05) is 12.1 Å². The zero-order valence-electron chi connectivity index (χ0n) is 10.2. The van der Waals surface area contributed by atoms with E-state index in [-0.39, 0.29) is 0 Å². The molecule has 2 rings (SSSR count). The summed E-state index contributed by atoms with van der Waals surface area (Å²) < 4.78 is 5.41. The second-order valence-corrected chi connectivity index (χ2v) is 3.84. The highest BCUT2D eigenvalue weighted by Crippen LogP contribution is 2.24. The predicted octanol–water partition coefficient (Wildman–Crippen LogP) is 2.24. The van der Waals surface area contributed by atoms with Crippen LogP contribution in [0.1, 0.15) is 18.2 Å². The summed E-state index contributed by atoms with van der Waals surface area (Å²) in [5.74, 6) is 0.878. The molecule has 0 amide bonds. The second kappa shape index (κ2) is 5.01. The molecule has 0 fully saturated rings. The Morgan fingerprint density at radius 2 is 2.00 bits per heavy atom. The molecule has 1 aromatic carbocycles. The summed E-state index contributed by atoms with van der Waals surface area (Å²) in [5.41, 5.74) is 9.73. The van der Waals surface area contributed by atoms with Crippen molar-refractivity contribution >= 4 is 0 Å². The highest BCUT2D eigenvalue weighted by Gasteiger charge is 2.09. The lowest BCUT2D eigenvalue weighted by atomic mass is 10.1. The van der Waals surface area contributed by atoms with E-state index >= 15 is 0 Å². The van der Waals surface area contributed by atoms with Gasteiger partial charge in [0.25, 0.3) is 0 Å². The molecular weight excluding hydrogens is 214 g/mol. The van der Waals surface area contributed by atoms with Crippen molar-refractivity contribution in [1.29, 1.82) is 0 Å². The molecule has 1 heterocycles. The maximum absolute atomic E-state index is 5.61. The first-order chi connectivity index (χ1) is 8.26. The molecule has 1 aromatic heterocycles. The van der Waals surface area contributed by atoms with Gasteiger partial charge in [0.2, 0.25) is 0 Å². The van der Waals surface area contributed by atoms with Crippen LogP contribution in [0.5, 0.6) is 5.75 Å². The zero-order valence-corrected chi connectivity index (χ0v) is 10.2. The second-order valence-electron chi connectivity index (χ2n) is 3.84. The van der Waals surface area contributed by atoms with Crippen LogP contribution in [0.2, 0.25) is 0 Å². The first-order valence-corrected chi connectivity index (χ1v) is 5.73. The predicted molar refractivity (Wildman–Crippen MR) is 67.8 cm³/mol. The molecule has 2 aromatic rings. The van der Waals surface area contributed by atoms with Gasteiger partial charge >= 0.3 is 0 Å². The Labute approximate surface area is 101 Å². The van der Waals surface area contributed by atoms with E-state index in [0.717, 1.165) is 28.3 Å². The van der Waals surface area contributed by atoms with Crippen molar-refractivity contribution in [2.75, 3.05) is 6.61 Å². The van der Waals surface area contributed by atoms with Crippen LogP contribution in [0.3, 0.4) is 0 Å². The van der Waals surface area contributed by atoms with Gasteiger partial charge in [-0.15, -0.1) is 0 Å². The Balaban J connectivity index is 2.30. The van der Waals surface area contributed by atoms with Crippen LogP contribution in [0.4, 0.5) is 0 Å². The zero-order chi connectivity index (χ0) is 12.3. The Kier molecular flexibility index (Phi) is 3.44. The van der Waals surface area contributed by atoms with Crippen LogP contribution in [0.15, 0.2) is 24.3 Å². The molecule has 3 N–H and O–H groups in total. The molecule has 0 aliphatic carbocycles. The third-order valence-corrected chi connectivity index (χ3v) is 2.75. The first kappa shape index (κ1) is 11.7. The highest BCUT2D eigenvalue weighted by atomic mass is 16.5. The average Bonchev–Trinajstić information content (AvgIpc) is 2.72. The van der Waals surface area contributed by atoms with Crippen LogP contribution in [-0.2, 0) is 6.54 Å². The molecule has 0 aliphatic rings. The lowest BCUT2D eigenvalue weighted by Crippen LogP contribution is -1.98. The summed E-state index contributed by atoms with van der Waals surface area (Å²) in [4.78, 5) is 0. The molecule has 90 valence electrons. The Morgan fingerprint density at radius 3 is 2.53 bits per heavy atom. The minimum absolute atomic E-state index is 0.482. The molecule has 0 aliphatic heterocycles. The Morgan fingerprint density at radius 1 is 1.29 bits per heavy atom. The normalized spacial score (nSPS) is 10.5. The van der Waals surface area contributed by atoms with Gasteiger partial charge in [-0.3, -0.25) is 5.10 Å². The summed E-state index contributed by atoms with van der Waals surface area (Å²) in [6, 6.07) is 7.92. The number of hydrogen-bond donors (Lipinski definition) is 2. The monoisotopic (exact) mass is 231 g/mol. The van der Waals surface area contributed by atoms with Crippen LogP contribution in [0.25, 0.3) is 11.3 Å². The fourth-order valence-electron chi connectivity index (χ4n) is 1.79. The summed E-state index contributed by atoms with van der Waals surface area (Å²) >= 11 is 0. The van der Waals surface area contributed by atoms with Gasteiger partial charge in [0.1, 0.15) is 5.75 Å². The molecule has 4 heteroatoms. The molecule has 0 bridgehead atoms. The van der Waals surface area contributed by atoms with Crippen LogP contribution >= 0.6 is 0 Å². The summed E-state index contributed by atoms with van der Waals surface area (Å²) in [6.07, 6.45) is 0. The van der Waals surface area contributed by atoms with Crippen molar-refractivity contribution in [3.63, 3.8) is 0 Å². The number of benzene rings is 1. The largest absolute Gasteiger partial charge is 0.494 e. The minimum atomic E-state index is 0.482. The average molecular weight is 231 g/mol. The van der Waals surface area contributed by atoms with Gasteiger partial charge in [0.05, 0.1) is 18.0 Å². The fourth-order valence-corrected chi connectivity index (χ4v) is 1.79. The molecule has 0 unspecified atom stereocenters. The number of aromatic nitrogens is 2. The summed E-state index contributed by atoms with van der Waals surface area (Å²) in [5, 5.41) is 7.24. The van der Waals surface area contributed by atoms with Gasteiger partial charge < -0.3 is 10.5 Å². The third-order valence-electron chi connectivity index (χ3n) is 2.75. The number of nitrogens with zero attached hydrogens (tertiary/aromatic N) is 1. The van der Waals surface area contributed by atoms with Crippen LogP contribution in [0, 0.1) is 6.92 Å². The van der Waals surface area contributed by atoms with E-state index in [1.807, 2.05) is 38.1 Å². The van der Waals surface area contributed by atoms with Crippen molar-refractivity contribution in [3.8, 4) is 17.0 Å². The standard InChI is InChI=1S/C13H17N3O/c1-3-17-11-6-4-10(5-7-11)13-9(2)12(8-14)15-16-13/h4-7H,3,8,14H2,1-2H3,(H,15,16). The van der Waals surface area contributed by atoms with Gasteiger partial charge in [-0.1, -0.05) is 0 Å². The number of hydrogen-bond acceptors (Lipinski definition) is 3. The maximum atomic E-state index is 5.61. The van der Waals surface area contributed by atoms with Gasteiger partial charge in [-0.05, 0) is 43.7 Å². The number of rotatable bonds is 4. The number of nitrogens with one attached hydrogen (secondary N) is 1. The lowest BCUT2D eigenvalue weighted by molar-refractivity contribution is 0.340.